The molecule has 2 unspecified atom stereocenters. The van der Waals surface area contributed by atoms with Crippen molar-refractivity contribution in [3.8, 4) is 0 Å². The number of fused-ring (bicyclic) bond motifs is 5. The number of rotatable bonds is 7. The maximum absolute atomic E-state index is 12.2. The third-order valence-electron chi connectivity index (χ3n) is 12.3. The molecule has 0 bridgehead atoms. The molecule has 4 aliphatic rings. The standard InChI is InChI=1S/C29H48O5/c1-18(2)28(24(30)31,25(32)33)16-11-19(3)29(34)17-13-23-21-10-9-20-8-6-7-14-26(20,4)22(21)12-15-27(23,29)5/h18-23,34H,6-17H2,1-5H3,(H,30,31)(H,32,33)/t19?,20?,21-,22+,23+,26+,27+,29+/m1/s1. The predicted octanol–water partition coefficient (Wildman–Crippen LogP) is 6.38. The zero-order valence-electron chi connectivity index (χ0n) is 22.1. The molecule has 4 rings (SSSR count). The van der Waals surface area contributed by atoms with Gasteiger partial charge in [-0.05, 0) is 111 Å². The molecule has 4 fully saturated rings. The van der Waals surface area contributed by atoms with Gasteiger partial charge in [0, 0.05) is 0 Å². The van der Waals surface area contributed by atoms with Crippen molar-refractivity contribution in [1.29, 1.82) is 0 Å². The van der Waals surface area contributed by atoms with Gasteiger partial charge in [0.1, 0.15) is 0 Å². The van der Waals surface area contributed by atoms with Crippen molar-refractivity contribution < 1.29 is 24.9 Å². The van der Waals surface area contributed by atoms with Crippen LogP contribution >= 0.6 is 0 Å². The van der Waals surface area contributed by atoms with Gasteiger partial charge in [-0.25, -0.2) is 0 Å². The first-order valence-corrected chi connectivity index (χ1v) is 14.0. The van der Waals surface area contributed by atoms with Gasteiger partial charge in [-0.1, -0.05) is 47.5 Å². The Labute approximate surface area is 206 Å². The molecule has 34 heavy (non-hydrogen) atoms. The van der Waals surface area contributed by atoms with Crippen LogP contribution < -0.4 is 0 Å². The minimum absolute atomic E-state index is 0.0609. The van der Waals surface area contributed by atoms with Gasteiger partial charge in [0.25, 0.3) is 0 Å². The lowest BCUT2D eigenvalue weighted by Gasteiger charge is -2.62. The minimum atomic E-state index is -1.80. The summed E-state index contributed by atoms with van der Waals surface area (Å²) in [5.74, 6) is -0.308. The summed E-state index contributed by atoms with van der Waals surface area (Å²) < 4.78 is 0. The maximum atomic E-state index is 12.2. The van der Waals surface area contributed by atoms with Crippen molar-refractivity contribution in [2.24, 2.45) is 51.8 Å². The average Bonchev–Trinajstić information content (AvgIpc) is 3.04. The lowest BCUT2D eigenvalue weighted by atomic mass is 9.44. The number of aliphatic carboxylic acids is 2. The van der Waals surface area contributed by atoms with E-state index in [4.69, 9.17) is 0 Å². The van der Waals surface area contributed by atoms with Gasteiger partial charge in [-0.15, -0.1) is 0 Å². The fourth-order valence-corrected chi connectivity index (χ4v) is 9.93. The van der Waals surface area contributed by atoms with Gasteiger partial charge < -0.3 is 15.3 Å². The lowest BCUT2D eigenvalue weighted by Crippen LogP contribution is -2.58. The van der Waals surface area contributed by atoms with Gasteiger partial charge in [-0.2, -0.15) is 0 Å². The molecule has 0 spiro atoms. The van der Waals surface area contributed by atoms with Crippen molar-refractivity contribution in [2.45, 2.75) is 117 Å². The summed E-state index contributed by atoms with van der Waals surface area (Å²) in [4.78, 5) is 24.1. The maximum Gasteiger partial charge on any atom is 0.321 e. The molecule has 0 heterocycles. The Kier molecular flexibility index (Phi) is 6.71. The van der Waals surface area contributed by atoms with E-state index in [-0.39, 0.29) is 17.8 Å². The summed E-state index contributed by atoms with van der Waals surface area (Å²) in [6.45, 7) is 10.3. The van der Waals surface area contributed by atoms with Crippen LogP contribution in [0.15, 0.2) is 0 Å². The number of hydrogen-bond donors (Lipinski definition) is 3. The third-order valence-corrected chi connectivity index (χ3v) is 12.3. The minimum Gasteiger partial charge on any atom is -0.480 e. The van der Waals surface area contributed by atoms with Gasteiger partial charge in [-0.3, -0.25) is 9.59 Å². The molecule has 5 nitrogen and oxygen atoms in total. The van der Waals surface area contributed by atoms with E-state index in [1.807, 2.05) is 6.92 Å². The molecule has 8 atom stereocenters. The molecule has 5 heteroatoms. The highest BCUT2D eigenvalue weighted by molar-refractivity contribution is 5.98. The molecule has 4 aliphatic carbocycles. The van der Waals surface area contributed by atoms with E-state index >= 15 is 0 Å². The summed E-state index contributed by atoms with van der Waals surface area (Å²) in [6.07, 6.45) is 12.7. The van der Waals surface area contributed by atoms with Crippen LogP contribution in [0.5, 0.6) is 0 Å². The highest BCUT2D eigenvalue weighted by Crippen LogP contribution is 2.69. The molecule has 0 aliphatic heterocycles. The Morgan fingerprint density at radius 1 is 0.882 bits per heavy atom. The predicted molar refractivity (Wildman–Crippen MR) is 132 cm³/mol. The summed E-state index contributed by atoms with van der Waals surface area (Å²) >= 11 is 0. The summed E-state index contributed by atoms with van der Waals surface area (Å²) in [5, 5.41) is 31.9. The molecular weight excluding hydrogens is 428 g/mol. The highest BCUT2D eigenvalue weighted by Gasteiger charge is 2.65. The summed E-state index contributed by atoms with van der Waals surface area (Å²) in [5.41, 5.74) is -2.35. The van der Waals surface area contributed by atoms with Crippen molar-refractivity contribution in [1.82, 2.24) is 0 Å². The first-order valence-electron chi connectivity index (χ1n) is 14.0. The van der Waals surface area contributed by atoms with E-state index in [9.17, 15) is 24.9 Å². The number of hydrogen-bond acceptors (Lipinski definition) is 3. The first kappa shape index (κ1) is 26.0. The van der Waals surface area contributed by atoms with Crippen LogP contribution in [0.3, 0.4) is 0 Å². The van der Waals surface area contributed by atoms with Crippen LogP contribution in [0.1, 0.15) is 112 Å². The fourth-order valence-electron chi connectivity index (χ4n) is 9.93. The number of carbonyl (C=O) groups is 2. The van der Waals surface area contributed by atoms with Gasteiger partial charge in [0.15, 0.2) is 5.41 Å². The molecule has 0 aromatic heterocycles. The molecule has 0 amide bonds. The quantitative estimate of drug-likeness (QED) is 0.371. The second kappa shape index (κ2) is 8.78. The Balaban J connectivity index is 1.54. The van der Waals surface area contributed by atoms with E-state index in [0.717, 1.165) is 31.1 Å². The largest absolute Gasteiger partial charge is 0.480 e. The fraction of sp³-hybridized carbons (Fsp3) is 0.931. The summed E-state index contributed by atoms with van der Waals surface area (Å²) in [7, 11) is 0. The van der Waals surface area contributed by atoms with E-state index in [0.29, 0.717) is 23.7 Å². The normalized spacial score (nSPS) is 43.0. The average molecular weight is 477 g/mol. The van der Waals surface area contributed by atoms with Crippen molar-refractivity contribution >= 4 is 11.9 Å². The SMILES string of the molecule is CC(C)C(CCC(C)[C@@]1(O)CC[C@H]2[C@@H]3CCC4CCCC[C@]4(C)[C@H]3CC[C@@]21C)(C(=O)O)C(=O)O. The molecule has 194 valence electrons. The second-order valence-electron chi connectivity index (χ2n) is 13.5. The molecule has 0 saturated heterocycles. The van der Waals surface area contributed by atoms with Crippen LogP contribution in [-0.4, -0.2) is 32.9 Å². The van der Waals surface area contributed by atoms with Crippen LogP contribution in [0.2, 0.25) is 0 Å². The Morgan fingerprint density at radius 3 is 2.15 bits per heavy atom. The molecule has 4 saturated carbocycles. The van der Waals surface area contributed by atoms with E-state index in [2.05, 4.69) is 13.8 Å². The number of aliphatic hydroxyl groups is 1. The Hall–Kier alpha value is -1.10. The van der Waals surface area contributed by atoms with Crippen LogP contribution in [0.4, 0.5) is 0 Å². The Morgan fingerprint density at radius 2 is 1.53 bits per heavy atom. The first-order chi connectivity index (χ1) is 15.8. The second-order valence-corrected chi connectivity index (χ2v) is 13.5. The van der Waals surface area contributed by atoms with Crippen LogP contribution in [-0.2, 0) is 9.59 Å². The van der Waals surface area contributed by atoms with Crippen molar-refractivity contribution in [3.63, 3.8) is 0 Å². The smallest absolute Gasteiger partial charge is 0.321 e. The van der Waals surface area contributed by atoms with Crippen molar-refractivity contribution in [2.75, 3.05) is 0 Å². The van der Waals surface area contributed by atoms with Crippen molar-refractivity contribution in [3.05, 3.63) is 0 Å². The van der Waals surface area contributed by atoms with E-state index in [1.165, 1.54) is 44.9 Å². The summed E-state index contributed by atoms with van der Waals surface area (Å²) in [6, 6.07) is 0. The lowest BCUT2D eigenvalue weighted by molar-refractivity contribution is -0.176. The van der Waals surface area contributed by atoms with Gasteiger partial charge in [0.05, 0.1) is 5.60 Å². The molecule has 3 N–H and O–H groups in total. The monoisotopic (exact) mass is 476 g/mol. The highest BCUT2D eigenvalue weighted by atomic mass is 16.4. The van der Waals surface area contributed by atoms with Gasteiger partial charge >= 0.3 is 11.9 Å². The topological polar surface area (TPSA) is 94.8 Å². The number of carboxylic acids is 2. The molecule has 0 aromatic carbocycles. The van der Waals surface area contributed by atoms with E-state index in [1.54, 1.807) is 13.8 Å². The zero-order valence-corrected chi connectivity index (χ0v) is 22.1. The zero-order chi connectivity index (χ0) is 25.1. The van der Waals surface area contributed by atoms with Gasteiger partial charge in [0.2, 0.25) is 0 Å². The molecule has 0 radical (unpaired) electrons. The third kappa shape index (κ3) is 3.50. The number of carboxylic acid groups (broad SMARTS) is 2. The van der Waals surface area contributed by atoms with E-state index < -0.39 is 28.9 Å². The molecular formula is C29H48O5. The van der Waals surface area contributed by atoms with Crippen LogP contribution in [0, 0.1) is 51.8 Å². The Bertz CT molecular complexity index is 792. The van der Waals surface area contributed by atoms with Crippen LogP contribution in [0.25, 0.3) is 0 Å². The molecule has 0 aromatic rings.